The van der Waals surface area contributed by atoms with Gasteiger partial charge in [-0.15, -0.1) is 12.4 Å². The molecular weight excluding hydrogens is 405 g/mol. The molecule has 1 aromatic rings. The molecule has 2 rings (SSSR count). The monoisotopic (exact) mass is 424 g/mol. The van der Waals surface area contributed by atoms with E-state index in [1.165, 1.54) is 12.1 Å². The van der Waals surface area contributed by atoms with Crippen LogP contribution in [0, 0.1) is 0 Å². The van der Waals surface area contributed by atoms with Crippen LogP contribution < -0.4 is 10.1 Å². The molecule has 0 spiro atoms. The van der Waals surface area contributed by atoms with Crippen molar-refractivity contribution < 1.29 is 35.5 Å². The van der Waals surface area contributed by atoms with Crippen molar-refractivity contribution in [2.45, 2.75) is 37.6 Å². The average molecular weight is 425 g/mol. The Balaban J connectivity index is 0.00000364. The molecule has 0 bridgehead atoms. The second-order valence-corrected chi connectivity index (χ2v) is 5.99. The lowest BCUT2D eigenvalue weighted by molar-refractivity contribution is -0.253. The molecule has 1 saturated heterocycles. The van der Waals surface area contributed by atoms with Gasteiger partial charge in [0.15, 0.2) is 0 Å². The van der Waals surface area contributed by atoms with Crippen LogP contribution >= 0.6 is 12.4 Å². The molecule has 1 fully saturated rings. The Morgan fingerprint density at radius 2 is 1.56 bits per heavy atom. The predicted molar refractivity (Wildman–Crippen MR) is 87.7 cm³/mol. The molecule has 0 saturated carbocycles. The summed E-state index contributed by atoms with van der Waals surface area (Å²) in [4.78, 5) is 1.88. The topological polar surface area (TPSA) is 24.5 Å². The minimum absolute atomic E-state index is 0. The Morgan fingerprint density at radius 1 is 1.00 bits per heavy atom. The number of nitrogens with one attached hydrogen (secondary N) is 1. The van der Waals surface area contributed by atoms with Crippen molar-refractivity contribution in [1.29, 1.82) is 0 Å². The van der Waals surface area contributed by atoms with Crippen LogP contribution in [0.25, 0.3) is 0 Å². The van der Waals surface area contributed by atoms with Crippen LogP contribution in [-0.2, 0) is 0 Å². The molecule has 0 unspecified atom stereocenters. The standard InChI is InChI=1S/C16H19F7N2O.ClH/c17-14(18)16(22,23)26-12-3-1-11(2-4-12)13(5-6-15(19,20)21)25-9-7-24-8-10-25;/h1-4,13-14,24H,5-10H2;1H/t13-;/m1./s1. The first-order chi connectivity index (χ1) is 12.1. The molecule has 0 aliphatic carbocycles. The lowest BCUT2D eigenvalue weighted by atomic mass is 9.99. The highest BCUT2D eigenvalue weighted by Crippen LogP contribution is 2.33. The highest BCUT2D eigenvalue weighted by Gasteiger charge is 2.44. The van der Waals surface area contributed by atoms with Crippen molar-refractivity contribution in [3.8, 4) is 5.75 Å². The van der Waals surface area contributed by atoms with E-state index in [1.807, 2.05) is 4.90 Å². The number of hydrogen-bond donors (Lipinski definition) is 1. The van der Waals surface area contributed by atoms with Crippen molar-refractivity contribution in [3.63, 3.8) is 0 Å². The van der Waals surface area contributed by atoms with Crippen LogP contribution in [0.5, 0.6) is 5.75 Å². The number of alkyl halides is 7. The largest absolute Gasteiger partial charge is 0.461 e. The maximum atomic E-state index is 12.9. The van der Waals surface area contributed by atoms with E-state index in [0.717, 1.165) is 12.1 Å². The van der Waals surface area contributed by atoms with Crippen molar-refractivity contribution in [2.24, 2.45) is 0 Å². The fourth-order valence-electron chi connectivity index (χ4n) is 2.81. The van der Waals surface area contributed by atoms with E-state index in [4.69, 9.17) is 0 Å². The number of piperazine rings is 1. The minimum atomic E-state index is -4.63. The minimum Gasteiger partial charge on any atom is -0.428 e. The molecule has 0 radical (unpaired) electrons. The van der Waals surface area contributed by atoms with E-state index in [0.29, 0.717) is 31.7 Å². The molecule has 1 aromatic carbocycles. The zero-order valence-electron chi connectivity index (χ0n) is 14.1. The molecule has 1 aliphatic rings. The van der Waals surface area contributed by atoms with Gasteiger partial charge in [0.25, 0.3) is 0 Å². The van der Waals surface area contributed by atoms with Crippen LogP contribution in [0.4, 0.5) is 30.7 Å². The molecule has 1 N–H and O–H groups in total. The van der Waals surface area contributed by atoms with E-state index in [-0.39, 0.29) is 18.8 Å². The van der Waals surface area contributed by atoms with E-state index < -0.39 is 36.9 Å². The maximum Gasteiger partial charge on any atom is 0.461 e. The predicted octanol–water partition coefficient (Wildman–Crippen LogP) is 4.63. The molecule has 156 valence electrons. The van der Waals surface area contributed by atoms with E-state index in [9.17, 15) is 30.7 Å². The van der Waals surface area contributed by atoms with Crippen LogP contribution in [0.1, 0.15) is 24.4 Å². The first kappa shape index (κ1) is 23.8. The van der Waals surface area contributed by atoms with Crippen LogP contribution in [-0.4, -0.2) is 49.8 Å². The number of rotatable bonds is 7. The number of ether oxygens (including phenoxy) is 1. The first-order valence-corrected chi connectivity index (χ1v) is 8.05. The van der Waals surface area contributed by atoms with E-state index >= 15 is 0 Å². The third kappa shape index (κ3) is 7.34. The lowest BCUT2D eigenvalue weighted by Crippen LogP contribution is -2.45. The lowest BCUT2D eigenvalue weighted by Gasteiger charge is -2.35. The number of hydrogen-bond acceptors (Lipinski definition) is 3. The number of halogens is 8. The molecular formula is C16H20ClF7N2O. The highest BCUT2D eigenvalue weighted by atomic mass is 35.5. The Morgan fingerprint density at radius 3 is 2.04 bits per heavy atom. The quantitative estimate of drug-likeness (QED) is 0.646. The summed E-state index contributed by atoms with van der Waals surface area (Å²) in [5.74, 6) is -0.478. The molecule has 3 nitrogen and oxygen atoms in total. The van der Waals surface area contributed by atoms with Gasteiger partial charge in [0.1, 0.15) is 5.75 Å². The van der Waals surface area contributed by atoms with Gasteiger partial charge in [0.2, 0.25) is 0 Å². The summed E-state index contributed by atoms with van der Waals surface area (Å²) in [6.45, 7) is 2.35. The molecule has 1 aliphatic heterocycles. The number of nitrogens with zero attached hydrogens (tertiary/aromatic N) is 1. The van der Waals surface area contributed by atoms with Gasteiger partial charge in [-0.1, -0.05) is 12.1 Å². The zero-order valence-corrected chi connectivity index (χ0v) is 14.9. The fraction of sp³-hybridized carbons (Fsp3) is 0.625. The summed E-state index contributed by atoms with van der Waals surface area (Å²) in [5, 5.41) is 3.10. The zero-order chi connectivity index (χ0) is 19.4. The van der Waals surface area contributed by atoms with Gasteiger partial charge in [0, 0.05) is 38.6 Å². The van der Waals surface area contributed by atoms with Gasteiger partial charge in [-0.2, -0.15) is 30.7 Å². The van der Waals surface area contributed by atoms with Crippen molar-refractivity contribution in [3.05, 3.63) is 29.8 Å². The van der Waals surface area contributed by atoms with Gasteiger partial charge >= 0.3 is 18.7 Å². The normalized spacial score (nSPS) is 17.5. The maximum absolute atomic E-state index is 12.9. The van der Waals surface area contributed by atoms with Crippen LogP contribution in [0.2, 0.25) is 0 Å². The highest BCUT2D eigenvalue weighted by molar-refractivity contribution is 5.85. The molecule has 1 heterocycles. The van der Waals surface area contributed by atoms with Gasteiger partial charge in [-0.3, -0.25) is 4.90 Å². The van der Waals surface area contributed by atoms with Crippen molar-refractivity contribution in [2.75, 3.05) is 26.2 Å². The van der Waals surface area contributed by atoms with Gasteiger partial charge in [-0.05, 0) is 24.1 Å². The SMILES string of the molecule is Cl.FC(F)C(F)(F)Oc1ccc([C@@H](CCC(F)(F)F)N2CCNCC2)cc1. The molecule has 1 atom stereocenters. The van der Waals surface area contributed by atoms with Crippen LogP contribution in [0.3, 0.4) is 0 Å². The van der Waals surface area contributed by atoms with E-state index in [2.05, 4.69) is 10.1 Å². The average Bonchev–Trinajstić information content (AvgIpc) is 2.56. The Bertz CT molecular complexity index is 563. The molecule has 27 heavy (non-hydrogen) atoms. The third-order valence-electron chi connectivity index (χ3n) is 4.07. The van der Waals surface area contributed by atoms with Crippen LogP contribution in [0.15, 0.2) is 24.3 Å². The summed E-state index contributed by atoms with van der Waals surface area (Å²) in [7, 11) is 0. The Kier molecular flexibility index (Phi) is 8.62. The number of benzene rings is 1. The Labute approximate surface area is 158 Å². The summed E-state index contributed by atoms with van der Waals surface area (Å²) in [6, 6.07) is 4.24. The van der Waals surface area contributed by atoms with Gasteiger partial charge in [0.05, 0.1) is 0 Å². The second-order valence-electron chi connectivity index (χ2n) is 5.99. The van der Waals surface area contributed by atoms with E-state index in [1.54, 1.807) is 0 Å². The summed E-state index contributed by atoms with van der Waals surface area (Å²) >= 11 is 0. The molecule has 0 amide bonds. The summed E-state index contributed by atoms with van der Waals surface area (Å²) in [6.07, 6.45) is -14.1. The molecule has 0 aromatic heterocycles. The summed E-state index contributed by atoms with van der Waals surface area (Å²) < 4.78 is 92.0. The van der Waals surface area contributed by atoms with Gasteiger partial charge in [-0.25, -0.2) is 0 Å². The Hall–Kier alpha value is -1.26. The van der Waals surface area contributed by atoms with Gasteiger partial charge < -0.3 is 10.1 Å². The smallest absolute Gasteiger partial charge is 0.428 e. The first-order valence-electron chi connectivity index (χ1n) is 8.05. The van der Waals surface area contributed by atoms with Crippen molar-refractivity contribution in [1.82, 2.24) is 10.2 Å². The summed E-state index contributed by atoms with van der Waals surface area (Å²) in [5.41, 5.74) is 0.490. The van der Waals surface area contributed by atoms with Crippen molar-refractivity contribution >= 4 is 12.4 Å². The molecule has 11 heteroatoms. The second kappa shape index (κ2) is 9.79. The third-order valence-corrected chi connectivity index (χ3v) is 4.07. The fourth-order valence-corrected chi connectivity index (χ4v) is 2.81.